The molecule has 0 spiro atoms. The topological polar surface area (TPSA) is 19.9 Å². The van der Waals surface area contributed by atoms with Gasteiger partial charge in [0.1, 0.15) is 6.61 Å². The average molecular weight is 207 g/mol. The van der Waals surface area contributed by atoms with Crippen molar-refractivity contribution in [2.45, 2.75) is 17.0 Å². The Bertz CT molecular complexity index is 285. The van der Waals surface area contributed by atoms with E-state index in [2.05, 4.69) is 0 Å². The molecule has 71 valence electrons. The molecule has 0 saturated heterocycles. The summed E-state index contributed by atoms with van der Waals surface area (Å²) in [4.78, 5) is 0.0563. The van der Waals surface area contributed by atoms with Gasteiger partial charge < -0.3 is 0 Å². The maximum absolute atomic E-state index is 11.9. The van der Waals surface area contributed by atoms with Crippen molar-refractivity contribution >= 4 is 11.8 Å². The van der Waals surface area contributed by atoms with Crippen LogP contribution in [0.5, 0.6) is 0 Å². The summed E-state index contributed by atoms with van der Waals surface area (Å²) >= 11 is -0.209. The van der Waals surface area contributed by atoms with Gasteiger partial charge in [0.15, 0.2) is 0 Å². The Hall–Kier alpha value is -0.680. The van der Waals surface area contributed by atoms with Crippen molar-refractivity contribution in [2.24, 2.45) is 0 Å². The van der Waals surface area contributed by atoms with E-state index in [1.807, 2.05) is 0 Å². The van der Waals surface area contributed by atoms with E-state index >= 15 is 0 Å². The van der Waals surface area contributed by atoms with Gasteiger partial charge in [-0.1, -0.05) is 12.1 Å². The summed E-state index contributed by atoms with van der Waals surface area (Å²) in [5, 5.41) is 10.4. The molecule has 0 unspecified atom stereocenters. The first-order valence-corrected chi connectivity index (χ1v) is 4.26. The fourth-order valence-corrected chi connectivity index (χ4v) is 1.46. The molecular weight excluding hydrogens is 201 g/mol. The molecule has 0 saturated carbocycles. The Morgan fingerprint density at radius 2 is 2.00 bits per heavy atom. The van der Waals surface area contributed by atoms with E-state index < -0.39 is 12.1 Å². The van der Waals surface area contributed by atoms with E-state index in [0.29, 0.717) is 5.56 Å². The summed E-state index contributed by atoms with van der Waals surface area (Å²) in [5.74, 6) is 0. The second-order valence-corrected chi connectivity index (χ2v) is 3.48. The Labute approximate surface area is 77.6 Å². The largest absolute Gasteiger partial charge is 0.446 e. The fourth-order valence-electron chi connectivity index (χ4n) is 0.832. The zero-order valence-corrected chi connectivity index (χ0v) is 7.28. The van der Waals surface area contributed by atoms with Gasteiger partial charge in [-0.15, -0.1) is 0 Å². The second-order valence-electron chi connectivity index (χ2n) is 2.34. The Morgan fingerprint density at radius 1 is 1.31 bits per heavy atom. The van der Waals surface area contributed by atoms with Gasteiger partial charge in [0, 0.05) is 4.90 Å². The van der Waals surface area contributed by atoms with E-state index in [1.54, 1.807) is 0 Å². The van der Waals surface area contributed by atoms with Crippen LogP contribution in [-0.4, -0.2) is 5.51 Å². The predicted molar refractivity (Wildman–Crippen MR) is 42.7 cm³/mol. The van der Waals surface area contributed by atoms with Crippen LogP contribution in [-0.2, 0) is 11.7 Å². The van der Waals surface area contributed by atoms with Crippen molar-refractivity contribution in [1.82, 2.24) is 0 Å². The lowest BCUT2D eigenvalue weighted by molar-refractivity contribution is -0.0328. The zero-order chi connectivity index (χ0) is 9.90. The monoisotopic (exact) mass is 207 g/mol. The van der Waals surface area contributed by atoms with Crippen LogP contribution >= 0.6 is 11.8 Å². The van der Waals surface area contributed by atoms with Crippen LogP contribution in [0.3, 0.4) is 0 Å². The lowest BCUT2D eigenvalue weighted by Gasteiger charge is -2.05. The van der Waals surface area contributed by atoms with Gasteiger partial charge in [0.25, 0.3) is 0 Å². The molecule has 0 aliphatic rings. The van der Waals surface area contributed by atoms with Crippen LogP contribution < -0.4 is 0 Å². The van der Waals surface area contributed by atoms with Gasteiger partial charge in [-0.05, 0) is 29.5 Å². The number of hydrogen-bond donors (Lipinski definition) is 0. The van der Waals surface area contributed by atoms with Gasteiger partial charge in [-0.2, -0.15) is 13.2 Å². The Kier molecular flexibility index (Phi) is 3.22. The third kappa shape index (κ3) is 3.69. The molecule has 5 heteroatoms. The average Bonchev–Trinajstić information content (AvgIpc) is 2.01. The standard InChI is InChI=1S/C8H6F3OS/c9-8(10,11)13-7-3-1-2-6(4-7)5-12/h1-4H,5H2. The van der Waals surface area contributed by atoms with E-state index in [-0.39, 0.29) is 16.7 Å². The third-order valence-electron chi connectivity index (χ3n) is 1.30. The van der Waals surface area contributed by atoms with E-state index in [9.17, 15) is 18.3 Å². The van der Waals surface area contributed by atoms with Crippen molar-refractivity contribution in [3.05, 3.63) is 29.8 Å². The number of halogens is 3. The Balaban J connectivity index is 2.78. The molecule has 0 aromatic heterocycles. The molecule has 1 radical (unpaired) electrons. The van der Waals surface area contributed by atoms with E-state index in [0.717, 1.165) is 0 Å². The first-order chi connectivity index (χ1) is 6.01. The summed E-state index contributed by atoms with van der Waals surface area (Å²) in [7, 11) is 0. The molecule has 0 N–H and O–H groups in total. The second kappa shape index (κ2) is 4.02. The van der Waals surface area contributed by atoms with Crippen molar-refractivity contribution in [3.8, 4) is 0 Å². The van der Waals surface area contributed by atoms with Crippen LogP contribution in [0.4, 0.5) is 13.2 Å². The molecule has 1 rings (SSSR count). The minimum atomic E-state index is -4.29. The number of benzene rings is 1. The molecule has 1 aromatic rings. The molecule has 1 aromatic carbocycles. The summed E-state index contributed by atoms with van der Waals surface area (Å²) in [6.45, 7) is -0.494. The van der Waals surface area contributed by atoms with E-state index in [1.165, 1.54) is 24.3 Å². The van der Waals surface area contributed by atoms with Crippen molar-refractivity contribution < 1.29 is 18.3 Å². The van der Waals surface area contributed by atoms with Gasteiger partial charge in [0.2, 0.25) is 0 Å². The van der Waals surface area contributed by atoms with Gasteiger partial charge >= 0.3 is 5.51 Å². The molecule has 13 heavy (non-hydrogen) atoms. The van der Waals surface area contributed by atoms with E-state index in [4.69, 9.17) is 0 Å². The fraction of sp³-hybridized carbons (Fsp3) is 0.250. The predicted octanol–water partition coefficient (Wildman–Crippen LogP) is 3.23. The number of alkyl halides is 3. The molecule has 0 fully saturated rings. The molecular formula is C8H6F3OS. The van der Waals surface area contributed by atoms with Crippen molar-refractivity contribution in [1.29, 1.82) is 0 Å². The smallest absolute Gasteiger partial charge is 0.232 e. The van der Waals surface area contributed by atoms with Gasteiger partial charge in [-0.3, -0.25) is 0 Å². The first-order valence-electron chi connectivity index (χ1n) is 3.44. The zero-order valence-electron chi connectivity index (χ0n) is 6.47. The third-order valence-corrected chi connectivity index (χ3v) is 2.02. The minimum absolute atomic E-state index is 0.0563. The van der Waals surface area contributed by atoms with Crippen LogP contribution in [0.25, 0.3) is 0 Å². The highest BCUT2D eigenvalue weighted by Gasteiger charge is 2.29. The van der Waals surface area contributed by atoms with Crippen LogP contribution in [0.2, 0.25) is 0 Å². The molecule has 1 nitrogen and oxygen atoms in total. The SMILES string of the molecule is [O]Cc1cccc(SC(F)(F)F)c1. The number of hydrogen-bond acceptors (Lipinski definition) is 1. The summed E-state index contributed by atoms with van der Waals surface area (Å²) in [6.07, 6.45) is 0. The quantitative estimate of drug-likeness (QED) is 0.681. The number of rotatable bonds is 2. The normalized spacial score (nSPS) is 11.7. The maximum atomic E-state index is 11.9. The Morgan fingerprint density at radius 3 is 2.54 bits per heavy atom. The summed E-state index contributed by atoms with van der Waals surface area (Å²) < 4.78 is 35.6. The lowest BCUT2D eigenvalue weighted by Crippen LogP contribution is -1.99. The lowest BCUT2D eigenvalue weighted by atomic mass is 10.2. The van der Waals surface area contributed by atoms with Crippen LogP contribution in [0, 0.1) is 0 Å². The molecule has 0 aliphatic carbocycles. The van der Waals surface area contributed by atoms with Crippen molar-refractivity contribution in [3.63, 3.8) is 0 Å². The highest BCUT2D eigenvalue weighted by atomic mass is 32.2. The highest BCUT2D eigenvalue weighted by molar-refractivity contribution is 8.00. The first kappa shape index (κ1) is 10.4. The molecule has 0 atom stereocenters. The van der Waals surface area contributed by atoms with Gasteiger partial charge in [0.05, 0.1) is 0 Å². The maximum Gasteiger partial charge on any atom is 0.446 e. The minimum Gasteiger partial charge on any atom is -0.232 e. The molecule has 0 aliphatic heterocycles. The van der Waals surface area contributed by atoms with Crippen LogP contribution in [0.1, 0.15) is 5.56 Å². The van der Waals surface area contributed by atoms with Gasteiger partial charge in [-0.25, -0.2) is 5.11 Å². The number of thioether (sulfide) groups is 1. The molecule has 0 amide bonds. The summed E-state index contributed by atoms with van der Waals surface area (Å²) in [5.41, 5.74) is -3.92. The summed E-state index contributed by atoms with van der Waals surface area (Å²) in [6, 6.07) is 5.54. The molecule has 0 heterocycles. The van der Waals surface area contributed by atoms with Crippen molar-refractivity contribution in [2.75, 3.05) is 0 Å². The molecule has 0 bridgehead atoms. The van der Waals surface area contributed by atoms with Crippen LogP contribution in [0.15, 0.2) is 29.2 Å². The highest BCUT2D eigenvalue weighted by Crippen LogP contribution is 2.36.